The van der Waals surface area contributed by atoms with Crippen LogP contribution in [0.25, 0.3) is 0 Å². The van der Waals surface area contributed by atoms with E-state index >= 15 is 0 Å². The number of quaternary nitrogens is 2. The first-order valence-electron chi connectivity index (χ1n) is 7.91. The van der Waals surface area contributed by atoms with Gasteiger partial charge in [-0.3, -0.25) is 4.74 Å². The SMILES string of the molecule is O/N=C\C1CC[NH+](COC[NH+]2CCC(/C=N\O)CC2)CC1. The van der Waals surface area contributed by atoms with Crippen LogP contribution >= 0.6 is 0 Å². The predicted molar refractivity (Wildman–Crippen MR) is 78.2 cm³/mol. The van der Waals surface area contributed by atoms with E-state index in [-0.39, 0.29) is 0 Å². The number of oxime groups is 2. The van der Waals surface area contributed by atoms with Gasteiger partial charge in [0.1, 0.15) is 0 Å². The van der Waals surface area contributed by atoms with E-state index < -0.39 is 0 Å². The van der Waals surface area contributed by atoms with Gasteiger partial charge < -0.3 is 20.2 Å². The molecule has 0 unspecified atom stereocenters. The Morgan fingerprint density at radius 3 is 1.52 bits per heavy atom. The number of hydrogen-bond acceptors (Lipinski definition) is 5. The van der Waals surface area contributed by atoms with Gasteiger partial charge in [0.2, 0.25) is 0 Å². The minimum absolute atomic E-state index is 0.427. The summed E-state index contributed by atoms with van der Waals surface area (Å²) in [6.07, 6.45) is 7.59. The first kappa shape index (κ1) is 16.2. The van der Waals surface area contributed by atoms with E-state index in [4.69, 9.17) is 15.2 Å². The average Bonchev–Trinajstić information content (AvgIpc) is 2.51. The molecule has 0 amide bonds. The number of piperidine rings is 2. The van der Waals surface area contributed by atoms with Crippen LogP contribution in [-0.4, -0.2) is 62.5 Å². The highest BCUT2D eigenvalue weighted by atomic mass is 16.5. The van der Waals surface area contributed by atoms with Crippen LogP contribution in [0.2, 0.25) is 0 Å². The molecule has 2 aliphatic heterocycles. The molecule has 2 heterocycles. The number of hydrogen-bond donors (Lipinski definition) is 4. The van der Waals surface area contributed by atoms with Gasteiger partial charge in [0.05, 0.1) is 26.2 Å². The summed E-state index contributed by atoms with van der Waals surface area (Å²) in [6.45, 7) is 5.88. The normalized spacial score (nSPS) is 34.7. The van der Waals surface area contributed by atoms with Crippen LogP contribution in [0.15, 0.2) is 10.3 Å². The van der Waals surface area contributed by atoms with Crippen molar-refractivity contribution in [3.05, 3.63) is 0 Å². The van der Waals surface area contributed by atoms with E-state index in [1.165, 1.54) is 9.80 Å². The molecule has 0 saturated carbocycles. The summed E-state index contributed by atoms with van der Waals surface area (Å²) in [4.78, 5) is 2.97. The summed E-state index contributed by atoms with van der Waals surface area (Å²) in [7, 11) is 0. The summed E-state index contributed by atoms with van der Waals surface area (Å²) >= 11 is 0. The highest BCUT2D eigenvalue weighted by molar-refractivity contribution is 5.60. The van der Waals surface area contributed by atoms with Crippen molar-refractivity contribution in [3.63, 3.8) is 0 Å². The molecule has 120 valence electrons. The molecule has 0 spiro atoms. The molecule has 0 atom stereocenters. The fourth-order valence-electron chi connectivity index (χ4n) is 3.21. The summed E-state index contributed by atoms with van der Waals surface area (Å²) in [5.74, 6) is 0.855. The van der Waals surface area contributed by atoms with Gasteiger partial charge in [0.25, 0.3) is 0 Å². The highest BCUT2D eigenvalue weighted by Gasteiger charge is 2.23. The minimum Gasteiger partial charge on any atom is -0.411 e. The summed E-state index contributed by atoms with van der Waals surface area (Å²) < 4.78 is 5.86. The Kier molecular flexibility index (Phi) is 6.91. The number of rotatable bonds is 6. The quantitative estimate of drug-likeness (QED) is 0.272. The molecule has 2 fully saturated rings. The Bertz CT molecular complexity index is 303. The molecule has 0 aromatic heterocycles. The lowest BCUT2D eigenvalue weighted by atomic mass is 9.99. The Hall–Kier alpha value is -1.18. The van der Waals surface area contributed by atoms with Crippen molar-refractivity contribution in [1.29, 1.82) is 0 Å². The first-order valence-corrected chi connectivity index (χ1v) is 7.91. The molecular formula is C14H28N4O3+2. The van der Waals surface area contributed by atoms with Gasteiger partial charge in [-0.1, -0.05) is 0 Å². The molecule has 7 nitrogen and oxygen atoms in total. The Labute approximate surface area is 125 Å². The maximum atomic E-state index is 8.54. The smallest absolute Gasteiger partial charge is 0.187 e. The van der Waals surface area contributed by atoms with Crippen molar-refractivity contribution < 1.29 is 25.0 Å². The molecule has 0 aromatic carbocycles. The molecule has 0 radical (unpaired) electrons. The third kappa shape index (κ3) is 5.61. The fourth-order valence-corrected chi connectivity index (χ4v) is 3.21. The molecule has 0 aromatic rings. The molecule has 21 heavy (non-hydrogen) atoms. The van der Waals surface area contributed by atoms with Gasteiger partial charge in [-0.05, 0) is 0 Å². The van der Waals surface area contributed by atoms with Gasteiger partial charge in [-0.15, -0.1) is 10.3 Å². The van der Waals surface area contributed by atoms with Gasteiger partial charge in [-0.2, -0.15) is 0 Å². The molecule has 2 rings (SSSR count). The Morgan fingerprint density at radius 1 is 0.810 bits per heavy atom. The molecule has 2 saturated heterocycles. The van der Waals surface area contributed by atoms with Crippen molar-refractivity contribution >= 4 is 12.4 Å². The molecular weight excluding hydrogens is 272 g/mol. The zero-order chi connectivity index (χ0) is 14.9. The standard InChI is InChI=1S/C14H26N4O3/c19-15-9-13-1-5-17(6-2-13)11-21-12-18-7-3-14(4-8-18)10-16-20/h9-10,13-14,19-20H,1-8,11-12H2/p+2/b15-9-,16-10-. The van der Waals surface area contributed by atoms with Crippen LogP contribution in [0.1, 0.15) is 25.7 Å². The predicted octanol–water partition coefficient (Wildman–Crippen LogP) is -1.57. The first-order chi connectivity index (χ1) is 10.3. The van der Waals surface area contributed by atoms with Crippen molar-refractivity contribution in [2.45, 2.75) is 25.7 Å². The van der Waals surface area contributed by atoms with Crippen molar-refractivity contribution in [2.75, 3.05) is 39.6 Å². The largest absolute Gasteiger partial charge is 0.411 e. The van der Waals surface area contributed by atoms with E-state index in [0.717, 1.165) is 65.3 Å². The lowest BCUT2D eigenvalue weighted by Gasteiger charge is -2.29. The van der Waals surface area contributed by atoms with Crippen molar-refractivity contribution in [3.8, 4) is 0 Å². The molecule has 0 aliphatic carbocycles. The second kappa shape index (κ2) is 8.96. The van der Waals surface area contributed by atoms with Gasteiger partial charge >= 0.3 is 0 Å². The third-order valence-corrected chi connectivity index (χ3v) is 4.64. The second-order valence-electron chi connectivity index (χ2n) is 6.20. The van der Waals surface area contributed by atoms with Crippen LogP contribution in [-0.2, 0) is 4.74 Å². The zero-order valence-electron chi connectivity index (χ0n) is 12.6. The number of nitrogens with zero attached hydrogens (tertiary/aromatic N) is 2. The van der Waals surface area contributed by atoms with E-state index in [0.29, 0.717) is 11.8 Å². The van der Waals surface area contributed by atoms with E-state index in [1.54, 1.807) is 12.4 Å². The van der Waals surface area contributed by atoms with E-state index in [9.17, 15) is 0 Å². The lowest BCUT2D eigenvalue weighted by Crippen LogP contribution is -3.16. The van der Waals surface area contributed by atoms with Gasteiger partial charge in [0, 0.05) is 49.9 Å². The monoisotopic (exact) mass is 300 g/mol. The Morgan fingerprint density at radius 2 is 1.19 bits per heavy atom. The van der Waals surface area contributed by atoms with Crippen molar-refractivity contribution in [1.82, 2.24) is 0 Å². The van der Waals surface area contributed by atoms with Gasteiger partial charge in [-0.25, -0.2) is 0 Å². The number of nitrogens with one attached hydrogen (secondary N) is 2. The summed E-state index contributed by atoms with van der Waals surface area (Å²) in [5.41, 5.74) is 0. The molecule has 4 N–H and O–H groups in total. The van der Waals surface area contributed by atoms with Crippen molar-refractivity contribution in [2.24, 2.45) is 22.1 Å². The zero-order valence-corrected chi connectivity index (χ0v) is 12.6. The molecule has 7 heteroatoms. The van der Waals surface area contributed by atoms with E-state index in [1.807, 2.05) is 0 Å². The number of likely N-dealkylation sites (tertiary alicyclic amines) is 2. The summed E-state index contributed by atoms with van der Waals surface area (Å²) in [5, 5.41) is 23.3. The second-order valence-corrected chi connectivity index (χ2v) is 6.20. The van der Waals surface area contributed by atoms with Crippen LogP contribution in [0, 0.1) is 11.8 Å². The molecule has 2 aliphatic rings. The average molecular weight is 300 g/mol. The maximum absolute atomic E-state index is 8.54. The fraction of sp³-hybridized carbons (Fsp3) is 0.857. The lowest BCUT2D eigenvalue weighted by molar-refractivity contribution is -0.960. The van der Waals surface area contributed by atoms with Crippen LogP contribution in [0.5, 0.6) is 0 Å². The third-order valence-electron chi connectivity index (χ3n) is 4.64. The van der Waals surface area contributed by atoms with Crippen LogP contribution in [0.3, 0.4) is 0 Å². The number of ether oxygens (including phenoxy) is 1. The topological polar surface area (TPSA) is 83.3 Å². The maximum Gasteiger partial charge on any atom is 0.187 e. The van der Waals surface area contributed by atoms with E-state index in [2.05, 4.69) is 10.3 Å². The van der Waals surface area contributed by atoms with Gasteiger partial charge in [0.15, 0.2) is 13.5 Å². The summed E-state index contributed by atoms with van der Waals surface area (Å²) in [6, 6.07) is 0. The molecule has 0 bridgehead atoms. The van der Waals surface area contributed by atoms with Crippen LogP contribution < -0.4 is 9.80 Å². The Balaban J connectivity index is 1.54. The van der Waals surface area contributed by atoms with Crippen LogP contribution in [0.4, 0.5) is 0 Å². The minimum atomic E-state index is 0.427. The highest BCUT2D eigenvalue weighted by Crippen LogP contribution is 2.06.